The lowest BCUT2D eigenvalue weighted by Crippen LogP contribution is -2.13. The Kier molecular flexibility index (Phi) is 4.90. The van der Waals surface area contributed by atoms with Gasteiger partial charge in [-0.3, -0.25) is 9.48 Å². The molecule has 0 atom stereocenters. The van der Waals surface area contributed by atoms with Crippen LogP contribution in [0.4, 0.5) is 10.2 Å². The van der Waals surface area contributed by atoms with Crippen LogP contribution in [0, 0.1) is 5.82 Å². The SMILES string of the molecule is O=C(Nc1ccn(Cc2c(F)cccc2Cl)n1)c1cc(-c2ccccc2)on1. The van der Waals surface area contributed by atoms with Crippen LogP contribution >= 0.6 is 11.6 Å². The van der Waals surface area contributed by atoms with Gasteiger partial charge in [0.1, 0.15) is 5.82 Å². The number of benzene rings is 2. The van der Waals surface area contributed by atoms with Gasteiger partial charge in [-0.25, -0.2) is 4.39 Å². The van der Waals surface area contributed by atoms with Gasteiger partial charge >= 0.3 is 0 Å². The van der Waals surface area contributed by atoms with Gasteiger partial charge in [0.2, 0.25) is 0 Å². The Morgan fingerprint density at radius 3 is 2.75 bits per heavy atom. The van der Waals surface area contributed by atoms with Gasteiger partial charge < -0.3 is 9.84 Å². The van der Waals surface area contributed by atoms with Gasteiger partial charge in [-0.1, -0.05) is 53.2 Å². The second-order valence-corrected chi connectivity index (χ2v) is 6.40. The third-order valence-corrected chi connectivity index (χ3v) is 4.42. The Morgan fingerprint density at radius 1 is 1.14 bits per heavy atom. The monoisotopic (exact) mass is 396 g/mol. The molecular formula is C20H14ClFN4O2. The summed E-state index contributed by atoms with van der Waals surface area (Å²) in [5.74, 6) is -0.0723. The Balaban J connectivity index is 1.45. The normalized spacial score (nSPS) is 10.8. The summed E-state index contributed by atoms with van der Waals surface area (Å²) in [6.07, 6.45) is 1.62. The predicted octanol–water partition coefficient (Wildman–Crippen LogP) is 4.63. The molecule has 2 aromatic heterocycles. The molecule has 140 valence electrons. The van der Waals surface area contributed by atoms with E-state index in [4.69, 9.17) is 16.1 Å². The number of nitrogens with zero attached hydrogens (tertiary/aromatic N) is 3. The fourth-order valence-electron chi connectivity index (χ4n) is 2.66. The highest BCUT2D eigenvalue weighted by Gasteiger charge is 2.15. The van der Waals surface area contributed by atoms with Crippen molar-refractivity contribution in [3.63, 3.8) is 0 Å². The summed E-state index contributed by atoms with van der Waals surface area (Å²) in [4.78, 5) is 12.4. The first kappa shape index (κ1) is 17.9. The molecule has 4 aromatic rings. The van der Waals surface area contributed by atoms with Gasteiger partial charge in [-0.2, -0.15) is 5.10 Å². The van der Waals surface area contributed by atoms with E-state index in [9.17, 15) is 9.18 Å². The number of halogens is 2. The van der Waals surface area contributed by atoms with Crippen LogP contribution in [0.3, 0.4) is 0 Å². The predicted molar refractivity (Wildman–Crippen MR) is 103 cm³/mol. The van der Waals surface area contributed by atoms with Gasteiger partial charge in [-0.05, 0) is 12.1 Å². The lowest BCUT2D eigenvalue weighted by molar-refractivity contribution is 0.101. The molecule has 0 fully saturated rings. The molecule has 0 spiro atoms. The van der Waals surface area contributed by atoms with Gasteiger partial charge in [0.25, 0.3) is 5.91 Å². The van der Waals surface area contributed by atoms with Gasteiger partial charge in [0, 0.05) is 34.5 Å². The van der Waals surface area contributed by atoms with Crippen molar-refractivity contribution in [3.05, 3.63) is 89.0 Å². The zero-order valence-electron chi connectivity index (χ0n) is 14.5. The van der Waals surface area contributed by atoms with E-state index in [1.54, 1.807) is 24.4 Å². The number of carbonyl (C=O) groups is 1. The molecule has 2 aromatic carbocycles. The molecule has 1 N–H and O–H groups in total. The van der Waals surface area contributed by atoms with Crippen molar-refractivity contribution in [1.82, 2.24) is 14.9 Å². The molecule has 0 saturated heterocycles. The second-order valence-electron chi connectivity index (χ2n) is 6.00. The van der Waals surface area contributed by atoms with Gasteiger partial charge in [0.05, 0.1) is 6.54 Å². The highest BCUT2D eigenvalue weighted by Crippen LogP contribution is 2.21. The molecular weight excluding hydrogens is 383 g/mol. The van der Waals surface area contributed by atoms with Crippen molar-refractivity contribution < 1.29 is 13.7 Å². The van der Waals surface area contributed by atoms with E-state index in [2.05, 4.69) is 15.6 Å². The summed E-state index contributed by atoms with van der Waals surface area (Å²) >= 11 is 6.03. The highest BCUT2D eigenvalue weighted by atomic mass is 35.5. The topological polar surface area (TPSA) is 73.0 Å². The number of nitrogens with one attached hydrogen (secondary N) is 1. The van der Waals surface area contributed by atoms with Gasteiger partial charge in [0.15, 0.2) is 17.3 Å². The summed E-state index contributed by atoms with van der Waals surface area (Å²) < 4.78 is 20.6. The van der Waals surface area contributed by atoms with Crippen molar-refractivity contribution in [1.29, 1.82) is 0 Å². The number of hydrogen-bond acceptors (Lipinski definition) is 4. The van der Waals surface area contributed by atoms with Crippen LogP contribution in [0.1, 0.15) is 16.1 Å². The highest BCUT2D eigenvalue weighted by molar-refractivity contribution is 6.31. The first-order chi connectivity index (χ1) is 13.6. The molecule has 6 nitrogen and oxygen atoms in total. The lowest BCUT2D eigenvalue weighted by atomic mass is 10.1. The average molecular weight is 397 g/mol. The summed E-state index contributed by atoms with van der Waals surface area (Å²) in [6.45, 7) is 0.142. The minimum atomic E-state index is -0.458. The van der Waals surface area contributed by atoms with E-state index in [1.165, 1.54) is 16.8 Å². The summed E-state index contributed by atoms with van der Waals surface area (Å²) in [5, 5.41) is 11.0. The average Bonchev–Trinajstić information content (AvgIpc) is 3.35. The third-order valence-electron chi connectivity index (χ3n) is 4.07. The maximum Gasteiger partial charge on any atom is 0.279 e. The minimum Gasteiger partial charge on any atom is -0.355 e. The molecule has 0 radical (unpaired) electrons. The molecule has 0 aliphatic heterocycles. The van der Waals surface area contributed by atoms with Crippen LogP contribution in [0.5, 0.6) is 0 Å². The van der Waals surface area contributed by atoms with E-state index in [0.717, 1.165) is 5.56 Å². The molecule has 0 aliphatic rings. The number of amides is 1. The van der Waals surface area contributed by atoms with E-state index < -0.39 is 11.7 Å². The summed E-state index contributed by atoms with van der Waals surface area (Å²) in [7, 11) is 0. The Bertz CT molecular complexity index is 1100. The number of carbonyl (C=O) groups excluding carboxylic acids is 1. The fraction of sp³-hybridized carbons (Fsp3) is 0.0500. The zero-order chi connectivity index (χ0) is 19.5. The smallest absolute Gasteiger partial charge is 0.279 e. The first-order valence-electron chi connectivity index (χ1n) is 8.40. The molecule has 28 heavy (non-hydrogen) atoms. The number of rotatable bonds is 5. The van der Waals surface area contributed by atoms with Crippen LogP contribution in [0.25, 0.3) is 11.3 Å². The third kappa shape index (κ3) is 3.79. The number of hydrogen-bond donors (Lipinski definition) is 1. The van der Waals surface area contributed by atoms with Crippen LogP contribution in [-0.4, -0.2) is 20.8 Å². The van der Waals surface area contributed by atoms with Crippen LogP contribution in [0.2, 0.25) is 5.02 Å². The van der Waals surface area contributed by atoms with Crippen molar-refractivity contribution in [3.8, 4) is 11.3 Å². The maximum absolute atomic E-state index is 13.9. The molecule has 1 amide bonds. The summed E-state index contributed by atoms with van der Waals surface area (Å²) in [6, 6.07) is 17.0. The van der Waals surface area contributed by atoms with E-state index in [-0.39, 0.29) is 12.2 Å². The van der Waals surface area contributed by atoms with E-state index in [1.807, 2.05) is 30.3 Å². The fourth-order valence-corrected chi connectivity index (χ4v) is 2.89. The number of anilines is 1. The zero-order valence-corrected chi connectivity index (χ0v) is 15.2. The Hall–Kier alpha value is -3.45. The van der Waals surface area contributed by atoms with Crippen molar-refractivity contribution >= 4 is 23.3 Å². The quantitative estimate of drug-likeness (QED) is 0.533. The molecule has 4 rings (SSSR count). The maximum atomic E-state index is 13.9. The van der Waals surface area contributed by atoms with E-state index >= 15 is 0 Å². The Morgan fingerprint density at radius 2 is 1.96 bits per heavy atom. The largest absolute Gasteiger partial charge is 0.355 e. The van der Waals surface area contributed by atoms with Crippen molar-refractivity contribution in [2.24, 2.45) is 0 Å². The molecule has 8 heteroatoms. The van der Waals surface area contributed by atoms with Crippen LogP contribution < -0.4 is 5.32 Å². The molecule has 0 unspecified atom stereocenters. The lowest BCUT2D eigenvalue weighted by Gasteiger charge is -2.06. The summed E-state index contributed by atoms with van der Waals surface area (Å²) in [5.41, 5.74) is 1.28. The second kappa shape index (κ2) is 7.66. The standard InChI is InChI=1S/C20H14ClFN4O2/c21-15-7-4-8-16(22)14(15)12-26-10-9-19(24-26)23-20(27)17-11-18(28-25-17)13-5-2-1-3-6-13/h1-11H,12H2,(H,23,24,27). The number of aromatic nitrogens is 3. The van der Waals surface area contributed by atoms with Crippen molar-refractivity contribution in [2.45, 2.75) is 6.54 Å². The molecule has 0 saturated carbocycles. The molecule has 0 aliphatic carbocycles. The van der Waals surface area contributed by atoms with Crippen LogP contribution in [0.15, 0.2) is 71.4 Å². The Labute approximate surface area is 164 Å². The van der Waals surface area contributed by atoms with Crippen LogP contribution in [-0.2, 0) is 6.54 Å². The first-order valence-corrected chi connectivity index (χ1v) is 8.78. The molecule has 0 bridgehead atoms. The minimum absolute atomic E-state index is 0.130. The van der Waals surface area contributed by atoms with Crippen molar-refractivity contribution in [2.75, 3.05) is 5.32 Å². The van der Waals surface area contributed by atoms with E-state index in [0.29, 0.717) is 22.2 Å². The van der Waals surface area contributed by atoms with Gasteiger partial charge in [-0.15, -0.1) is 0 Å². The molecule has 2 heterocycles.